The fourth-order valence-corrected chi connectivity index (χ4v) is 4.25. The highest BCUT2D eigenvalue weighted by molar-refractivity contribution is 7.89. The van der Waals surface area contributed by atoms with Crippen LogP contribution in [0.25, 0.3) is 0 Å². The molecule has 124 valence electrons. The molecule has 1 N–H and O–H groups in total. The maximum Gasteiger partial charge on any atom is 0.240 e. The summed E-state index contributed by atoms with van der Waals surface area (Å²) in [4.78, 5) is 2.77. The number of benzene rings is 1. The van der Waals surface area contributed by atoms with E-state index in [1.54, 1.807) is 12.1 Å². The van der Waals surface area contributed by atoms with E-state index in [0.717, 1.165) is 38.8 Å². The molecule has 1 heterocycles. The first-order chi connectivity index (χ1) is 10.4. The smallest absolute Gasteiger partial charge is 0.240 e. The van der Waals surface area contributed by atoms with Crippen LogP contribution in [-0.2, 0) is 16.4 Å². The minimum absolute atomic E-state index is 0.0512. The molecule has 1 aliphatic heterocycles. The lowest BCUT2D eigenvalue weighted by Crippen LogP contribution is -2.46. The van der Waals surface area contributed by atoms with Gasteiger partial charge in [-0.2, -0.15) is 0 Å². The van der Waals surface area contributed by atoms with Gasteiger partial charge in [0.25, 0.3) is 0 Å². The minimum Gasteiger partial charge on any atom is -0.301 e. The van der Waals surface area contributed by atoms with Gasteiger partial charge in [-0.15, -0.1) is 0 Å². The molecular weight excluding hydrogens is 296 g/mol. The van der Waals surface area contributed by atoms with Crippen LogP contribution >= 0.6 is 0 Å². The summed E-state index contributed by atoms with van der Waals surface area (Å²) in [5.74, 6) is 0. The van der Waals surface area contributed by atoms with E-state index in [0.29, 0.717) is 10.9 Å². The van der Waals surface area contributed by atoms with Crippen molar-refractivity contribution >= 4 is 10.0 Å². The van der Waals surface area contributed by atoms with Crippen molar-refractivity contribution in [2.75, 3.05) is 13.1 Å². The van der Waals surface area contributed by atoms with E-state index < -0.39 is 10.0 Å². The summed E-state index contributed by atoms with van der Waals surface area (Å²) in [7, 11) is -3.40. The van der Waals surface area contributed by atoms with E-state index >= 15 is 0 Å². The number of hydrogen-bond donors (Lipinski definition) is 1. The molecule has 22 heavy (non-hydrogen) atoms. The Morgan fingerprint density at radius 1 is 1.18 bits per heavy atom. The van der Waals surface area contributed by atoms with Crippen LogP contribution in [0.5, 0.6) is 0 Å². The molecule has 5 heteroatoms. The van der Waals surface area contributed by atoms with Crippen molar-refractivity contribution in [1.29, 1.82) is 0 Å². The van der Waals surface area contributed by atoms with Crippen molar-refractivity contribution in [1.82, 2.24) is 9.62 Å². The fourth-order valence-electron chi connectivity index (χ4n) is 2.95. The highest BCUT2D eigenvalue weighted by atomic mass is 32.2. The zero-order valence-electron chi connectivity index (χ0n) is 13.9. The third-order valence-corrected chi connectivity index (χ3v) is 5.89. The standard InChI is InChI=1S/C17H28N2O2S/c1-4-5-15-6-8-17(9-7-15)22(20,21)18-16-10-12-19(13-11-16)14(2)3/h6-9,14,16,18H,4-5,10-13H2,1-3H3. The topological polar surface area (TPSA) is 49.4 Å². The monoisotopic (exact) mass is 324 g/mol. The zero-order chi connectivity index (χ0) is 16.2. The van der Waals surface area contributed by atoms with Crippen molar-refractivity contribution < 1.29 is 8.42 Å². The number of likely N-dealkylation sites (tertiary alicyclic amines) is 1. The van der Waals surface area contributed by atoms with E-state index in [1.165, 1.54) is 5.56 Å². The van der Waals surface area contributed by atoms with Gasteiger partial charge in [0, 0.05) is 12.1 Å². The van der Waals surface area contributed by atoms with Crippen LogP contribution in [0.1, 0.15) is 45.6 Å². The van der Waals surface area contributed by atoms with Gasteiger partial charge in [0.1, 0.15) is 0 Å². The summed E-state index contributed by atoms with van der Waals surface area (Å²) in [5.41, 5.74) is 1.19. The first kappa shape index (κ1) is 17.4. The third kappa shape index (κ3) is 4.54. The molecule has 1 saturated heterocycles. The molecule has 1 fully saturated rings. The maximum atomic E-state index is 12.5. The number of piperidine rings is 1. The Morgan fingerprint density at radius 3 is 2.27 bits per heavy atom. The van der Waals surface area contributed by atoms with Crippen molar-refractivity contribution in [3.63, 3.8) is 0 Å². The Hall–Kier alpha value is -0.910. The van der Waals surface area contributed by atoms with Crippen LogP contribution in [0.15, 0.2) is 29.2 Å². The van der Waals surface area contributed by atoms with Crippen LogP contribution in [0.3, 0.4) is 0 Å². The summed E-state index contributed by atoms with van der Waals surface area (Å²) < 4.78 is 27.8. The van der Waals surface area contributed by atoms with Gasteiger partial charge in [0.05, 0.1) is 4.90 Å². The average Bonchev–Trinajstić information content (AvgIpc) is 2.48. The van der Waals surface area contributed by atoms with Crippen molar-refractivity contribution in [2.45, 2.75) is 63.4 Å². The summed E-state index contributed by atoms with van der Waals surface area (Å²) in [6, 6.07) is 7.85. The van der Waals surface area contributed by atoms with Crippen molar-refractivity contribution in [2.24, 2.45) is 0 Å². The van der Waals surface area contributed by atoms with Gasteiger partial charge in [-0.1, -0.05) is 25.5 Å². The molecular formula is C17H28N2O2S. The van der Waals surface area contributed by atoms with Crippen LogP contribution in [0, 0.1) is 0 Å². The summed E-state index contributed by atoms with van der Waals surface area (Å²) in [6.07, 6.45) is 3.82. The Balaban J connectivity index is 1.96. The third-order valence-electron chi connectivity index (χ3n) is 4.35. The highest BCUT2D eigenvalue weighted by Gasteiger charge is 2.25. The first-order valence-electron chi connectivity index (χ1n) is 8.27. The molecule has 0 radical (unpaired) electrons. The Kier molecular flexibility index (Phi) is 6.01. The highest BCUT2D eigenvalue weighted by Crippen LogP contribution is 2.17. The summed E-state index contributed by atoms with van der Waals surface area (Å²) >= 11 is 0. The molecule has 2 rings (SSSR count). The molecule has 1 aromatic rings. The predicted octanol–water partition coefficient (Wildman–Crippen LogP) is 2.79. The molecule has 0 unspecified atom stereocenters. The number of aryl methyl sites for hydroxylation is 1. The van der Waals surface area contributed by atoms with Gasteiger partial charge in [-0.3, -0.25) is 0 Å². The molecule has 0 aliphatic carbocycles. The number of nitrogens with zero attached hydrogens (tertiary/aromatic N) is 1. The predicted molar refractivity (Wildman–Crippen MR) is 90.5 cm³/mol. The molecule has 1 aliphatic rings. The van der Waals surface area contributed by atoms with Crippen LogP contribution < -0.4 is 4.72 Å². The lowest BCUT2D eigenvalue weighted by molar-refractivity contribution is 0.168. The molecule has 0 amide bonds. The van der Waals surface area contributed by atoms with Crippen molar-refractivity contribution in [3.05, 3.63) is 29.8 Å². The molecule has 1 aromatic carbocycles. The summed E-state index contributed by atoms with van der Waals surface area (Å²) in [5, 5.41) is 0. The molecule has 0 atom stereocenters. The van der Waals surface area contributed by atoms with Crippen LogP contribution in [-0.4, -0.2) is 38.5 Å². The van der Waals surface area contributed by atoms with Gasteiger partial charge in [-0.25, -0.2) is 13.1 Å². The number of rotatable bonds is 6. The molecule has 0 aromatic heterocycles. The zero-order valence-corrected chi connectivity index (χ0v) is 14.7. The minimum atomic E-state index is -3.40. The number of hydrogen-bond acceptors (Lipinski definition) is 3. The second-order valence-electron chi connectivity index (χ2n) is 6.42. The van der Waals surface area contributed by atoms with Gasteiger partial charge < -0.3 is 4.90 Å². The first-order valence-corrected chi connectivity index (χ1v) is 9.76. The SMILES string of the molecule is CCCc1ccc(S(=O)(=O)NC2CCN(C(C)C)CC2)cc1. The van der Waals surface area contributed by atoms with Gasteiger partial charge in [0.15, 0.2) is 0 Å². The van der Waals surface area contributed by atoms with Crippen LogP contribution in [0.2, 0.25) is 0 Å². The second kappa shape index (κ2) is 7.57. The molecule has 0 bridgehead atoms. The molecule has 4 nitrogen and oxygen atoms in total. The molecule has 0 spiro atoms. The van der Waals surface area contributed by atoms with Gasteiger partial charge >= 0.3 is 0 Å². The van der Waals surface area contributed by atoms with Crippen molar-refractivity contribution in [3.8, 4) is 0 Å². The quantitative estimate of drug-likeness (QED) is 0.875. The van der Waals surface area contributed by atoms with Crippen LogP contribution in [0.4, 0.5) is 0 Å². The Morgan fingerprint density at radius 2 is 1.77 bits per heavy atom. The molecule has 0 saturated carbocycles. The Labute approximate surface area is 135 Å². The Bertz CT molecular complexity index is 559. The van der Waals surface area contributed by atoms with E-state index in [-0.39, 0.29) is 6.04 Å². The average molecular weight is 324 g/mol. The lowest BCUT2D eigenvalue weighted by Gasteiger charge is -2.34. The van der Waals surface area contributed by atoms with E-state index in [9.17, 15) is 8.42 Å². The fraction of sp³-hybridized carbons (Fsp3) is 0.647. The summed E-state index contributed by atoms with van der Waals surface area (Å²) in [6.45, 7) is 8.40. The lowest BCUT2D eigenvalue weighted by atomic mass is 10.1. The van der Waals surface area contributed by atoms with E-state index in [1.807, 2.05) is 12.1 Å². The maximum absolute atomic E-state index is 12.5. The normalized spacial score (nSPS) is 18.0. The van der Waals surface area contributed by atoms with Gasteiger partial charge in [-0.05, 0) is 63.9 Å². The number of sulfonamides is 1. The van der Waals surface area contributed by atoms with E-state index in [4.69, 9.17) is 0 Å². The second-order valence-corrected chi connectivity index (χ2v) is 8.13. The number of nitrogens with one attached hydrogen (secondary N) is 1. The van der Waals surface area contributed by atoms with Gasteiger partial charge in [0.2, 0.25) is 10.0 Å². The van der Waals surface area contributed by atoms with E-state index in [2.05, 4.69) is 30.4 Å². The largest absolute Gasteiger partial charge is 0.301 e.